The zero-order chi connectivity index (χ0) is 22.7. The van der Waals surface area contributed by atoms with Crippen LogP contribution in [0.5, 0.6) is 0 Å². The number of hydrogen-bond donors (Lipinski definition) is 3. The zero-order valence-corrected chi connectivity index (χ0v) is 20.2. The molecule has 5 heteroatoms. The first-order valence-electron chi connectivity index (χ1n) is 13.2. The Balaban J connectivity index is 1.21. The molecule has 1 saturated heterocycles. The van der Waals surface area contributed by atoms with E-state index in [-0.39, 0.29) is 25.0 Å². The summed E-state index contributed by atoms with van der Waals surface area (Å²) >= 11 is 0. The van der Waals surface area contributed by atoms with Gasteiger partial charge in [0.25, 0.3) is 0 Å². The van der Waals surface area contributed by atoms with E-state index in [2.05, 4.69) is 32.2 Å². The van der Waals surface area contributed by atoms with Gasteiger partial charge in [0.05, 0.1) is 18.8 Å². The molecular formula is C27H43NO4. The molecule has 0 amide bonds. The van der Waals surface area contributed by atoms with E-state index in [1.807, 2.05) is 0 Å². The summed E-state index contributed by atoms with van der Waals surface area (Å²) < 4.78 is 5.65. The fourth-order valence-corrected chi connectivity index (χ4v) is 9.04. The van der Waals surface area contributed by atoms with Crippen LogP contribution in [0.1, 0.15) is 85.0 Å². The van der Waals surface area contributed by atoms with Crippen molar-refractivity contribution in [3.05, 3.63) is 11.6 Å². The van der Waals surface area contributed by atoms with Crippen LogP contribution >= 0.6 is 0 Å². The second-order valence-corrected chi connectivity index (χ2v) is 12.3. The molecule has 0 spiro atoms. The lowest BCUT2D eigenvalue weighted by atomic mass is 9.46. The summed E-state index contributed by atoms with van der Waals surface area (Å²) in [6, 6.07) is 0. The molecule has 0 aromatic heterocycles. The summed E-state index contributed by atoms with van der Waals surface area (Å²) in [4.78, 5) is 10.7. The minimum atomic E-state index is -0.822. The van der Waals surface area contributed by atoms with Crippen molar-refractivity contribution >= 4 is 5.97 Å². The molecule has 3 N–H and O–H groups in total. The van der Waals surface area contributed by atoms with Crippen molar-refractivity contribution in [2.45, 2.75) is 103 Å². The number of aliphatic carboxylic acids is 1. The Morgan fingerprint density at radius 2 is 2.00 bits per heavy atom. The zero-order valence-electron chi connectivity index (χ0n) is 20.2. The third kappa shape index (κ3) is 3.86. The molecule has 32 heavy (non-hydrogen) atoms. The predicted molar refractivity (Wildman–Crippen MR) is 124 cm³/mol. The van der Waals surface area contributed by atoms with E-state index in [0.717, 1.165) is 36.5 Å². The van der Waals surface area contributed by atoms with Crippen molar-refractivity contribution < 1.29 is 19.7 Å². The van der Waals surface area contributed by atoms with Crippen molar-refractivity contribution in [2.75, 3.05) is 6.54 Å². The lowest BCUT2D eigenvalue weighted by molar-refractivity contribution is -0.136. The lowest BCUT2D eigenvalue weighted by Crippen LogP contribution is -2.51. The van der Waals surface area contributed by atoms with Gasteiger partial charge in [0.15, 0.2) is 0 Å². The van der Waals surface area contributed by atoms with Crippen LogP contribution in [0.15, 0.2) is 11.6 Å². The molecule has 5 aliphatic rings. The molecule has 0 radical (unpaired) electrons. The van der Waals surface area contributed by atoms with Gasteiger partial charge in [0, 0.05) is 0 Å². The van der Waals surface area contributed by atoms with Crippen LogP contribution in [-0.4, -0.2) is 41.2 Å². The van der Waals surface area contributed by atoms with E-state index in [0.29, 0.717) is 16.7 Å². The summed E-state index contributed by atoms with van der Waals surface area (Å²) in [7, 11) is 0. The van der Waals surface area contributed by atoms with Gasteiger partial charge < -0.3 is 14.9 Å². The van der Waals surface area contributed by atoms with Crippen molar-refractivity contribution in [3.8, 4) is 0 Å². The van der Waals surface area contributed by atoms with Crippen LogP contribution in [-0.2, 0) is 9.53 Å². The van der Waals surface area contributed by atoms with Gasteiger partial charge in [0.1, 0.15) is 6.23 Å². The van der Waals surface area contributed by atoms with E-state index < -0.39 is 5.97 Å². The normalized spacial score (nSPS) is 48.2. The van der Waals surface area contributed by atoms with Crippen LogP contribution in [0.3, 0.4) is 0 Å². The van der Waals surface area contributed by atoms with Gasteiger partial charge in [-0.25, -0.2) is 0 Å². The number of carboxylic acid groups (broad SMARTS) is 1. The van der Waals surface area contributed by atoms with Gasteiger partial charge >= 0.3 is 5.97 Å². The molecular weight excluding hydrogens is 402 g/mol. The monoisotopic (exact) mass is 445 g/mol. The average Bonchev–Trinajstić information content (AvgIpc) is 3.41. The van der Waals surface area contributed by atoms with E-state index >= 15 is 0 Å². The number of epoxide rings is 1. The fourth-order valence-electron chi connectivity index (χ4n) is 9.04. The third-order valence-corrected chi connectivity index (χ3v) is 10.8. The quantitative estimate of drug-likeness (QED) is 0.389. The third-order valence-electron chi connectivity index (χ3n) is 10.8. The van der Waals surface area contributed by atoms with Crippen LogP contribution in [0.25, 0.3) is 0 Å². The van der Waals surface area contributed by atoms with Crippen molar-refractivity contribution in [1.82, 2.24) is 5.32 Å². The first kappa shape index (κ1) is 22.9. The Hall–Kier alpha value is -0.910. The van der Waals surface area contributed by atoms with E-state index in [4.69, 9.17) is 9.84 Å². The Morgan fingerprint density at radius 1 is 1.19 bits per heavy atom. The average molecular weight is 446 g/mol. The molecule has 3 saturated carbocycles. The van der Waals surface area contributed by atoms with Crippen LogP contribution in [0.2, 0.25) is 0 Å². The number of carbonyl (C=O) groups is 1. The standard InChI is InChI=1S/C27H43NO4/c1-16(4-9-23-25(32-23)28-15-24(30)31)20-7-8-21-19-6-5-17-14-18(29)10-12-26(17,2)22(19)11-13-27(20,21)3/h14,16,18-23,25,28-29H,4-13,15H2,1-3H3,(H,30,31)/t16?,18-,19?,20?,21?,22?,23?,25?,26?,27?/m1/s1. The predicted octanol–water partition coefficient (Wildman–Crippen LogP) is 4.74. The first-order chi connectivity index (χ1) is 15.2. The number of carboxylic acids is 1. The molecule has 5 rings (SSSR count). The van der Waals surface area contributed by atoms with Gasteiger partial charge in [-0.05, 0) is 105 Å². The Labute approximate surface area is 193 Å². The summed E-state index contributed by atoms with van der Waals surface area (Å²) in [6.07, 6.45) is 14.5. The second kappa shape index (κ2) is 8.39. The highest BCUT2D eigenvalue weighted by molar-refractivity contribution is 5.69. The minimum absolute atomic E-state index is 0.0174. The molecule has 0 bridgehead atoms. The molecule has 1 aliphatic heterocycles. The van der Waals surface area contributed by atoms with E-state index in [1.165, 1.54) is 51.4 Å². The Bertz CT molecular complexity index is 767. The lowest BCUT2D eigenvalue weighted by Gasteiger charge is -2.59. The van der Waals surface area contributed by atoms with Crippen molar-refractivity contribution in [3.63, 3.8) is 0 Å². The molecule has 9 unspecified atom stereocenters. The van der Waals surface area contributed by atoms with Gasteiger partial charge in [-0.2, -0.15) is 0 Å². The largest absolute Gasteiger partial charge is 0.480 e. The highest BCUT2D eigenvalue weighted by Crippen LogP contribution is 2.67. The molecule has 4 fully saturated rings. The highest BCUT2D eigenvalue weighted by atomic mass is 16.6. The fraction of sp³-hybridized carbons (Fsp3) is 0.889. The van der Waals surface area contributed by atoms with Crippen LogP contribution < -0.4 is 5.32 Å². The summed E-state index contributed by atoms with van der Waals surface area (Å²) in [5, 5.41) is 22.0. The van der Waals surface area contributed by atoms with E-state index in [1.54, 1.807) is 5.57 Å². The number of nitrogens with one attached hydrogen (secondary N) is 1. The number of hydrogen-bond acceptors (Lipinski definition) is 4. The molecule has 10 atom stereocenters. The number of ether oxygens (including phenoxy) is 1. The maximum absolute atomic E-state index is 10.7. The topological polar surface area (TPSA) is 82.1 Å². The maximum atomic E-state index is 10.7. The smallest absolute Gasteiger partial charge is 0.317 e. The first-order valence-corrected chi connectivity index (χ1v) is 13.2. The molecule has 180 valence electrons. The molecule has 4 aliphatic carbocycles. The number of rotatable bonds is 7. The summed E-state index contributed by atoms with van der Waals surface area (Å²) in [5.74, 6) is 3.21. The Morgan fingerprint density at radius 3 is 2.78 bits per heavy atom. The van der Waals surface area contributed by atoms with Crippen molar-refractivity contribution in [1.29, 1.82) is 0 Å². The number of aliphatic hydroxyl groups excluding tert-OH is 1. The van der Waals surface area contributed by atoms with Gasteiger partial charge in [-0.15, -0.1) is 0 Å². The molecule has 5 nitrogen and oxygen atoms in total. The van der Waals surface area contributed by atoms with Crippen molar-refractivity contribution in [2.24, 2.45) is 40.4 Å². The van der Waals surface area contributed by atoms with Gasteiger partial charge in [-0.1, -0.05) is 32.4 Å². The highest BCUT2D eigenvalue weighted by Gasteiger charge is 2.59. The second-order valence-electron chi connectivity index (χ2n) is 12.3. The van der Waals surface area contributed by atoms with Crippen LogP contribution in [0, 0.1) is 40.4 Å². The minimum Gasteiger partial charge on any atom is -0.480 e. The molecule has 0 aromatic rings. The SMILES string of the molecule is CC(CCC1OC1NCC(=O)O)C1CCC2C3CCC4=C[C@H](O)CCC4(C)C3CCC12C. The number of aliphatic hydroxyl groups is 1. The summed E-state index contributed by atoms with van der Waals surface area (Å²) in [6.45, 7) is 7.57. The number of fused-ring (bicyclic) bond motifs is 5. The van der Waals surface area contributed by atoms with Crippen LogP contribution in [0.4, 0.5) is 0 Å². The maximum Gasteiger partial charge on any atom is 0.317 e. The summed E-state index contributed by atoms with van der Waals surface area (Å²) in [5.41, 5.74) is 2.37. The van der Waals surface area contributed by atoms with Gasteiger partial charge in [0.2, 0.25) is 0 Å². The Kier molecular flexibility index (Phi) is 5.99. The number of allylic oxidation sites excluding steroid dienone is 1. The molecule has 0 aromatic carbocycles. The van der Waals surface area contributed by atoms with E-state index in [9.17, 15) is 9.90 Å². The van der Waals surface area contributed by atoms with Gasteiger partial charge in [-0.3, -0.25) is 10.1 Å². The molecule has 1 heterocycles.